The minimum Gasteiger partial charge on any atom is -0.385 e. The van der Waals surface area contributed by atoms with Crippen LogP contribution in [-0.4, -0.2) is 24.5 Å². The fourth-order valence-electron chi connectivity index (χ4n) is 2.65. The van der Waals surface area contributed by atoms with E-state index in [-0.39, 0.29) is 12.2 Å². The molecule has 1 aromatic heterocycles. The lowest BCUT2D eigenvalue weighted by atomic mass is 9.77. The van der Waals surface area contributed by atoms with Gasteiger partial charge in [0.2, 0.25) is 0 Å². The summed E-state index contributed by atoms with van der Waals surface area (Å²) in [5.41, 5.74) is 1.14. The van der Waals surface area contributed by atoms with E-state index in [9.17, 15) is 4.79 Å². The third kappa shape index (κ3) is 2.14. The van der Waals surface area contributed by atoms with E-state index in [4.69, 9.17) is 10.00 Å². The summed E-state index contributed by atoms with van der Waals surface area (Å²) in [6.45, 7) is 0.620. The smallest absolute Gasteiger partial charge is 0.172 e. The molecule has 0 saturated carbocycles. The molecule has 0 amide bonds. The summed E-state index contributed by atoms with van der Waals surface area (Å²) in [5, 5.41) is 9.00. The van der Waals surface area contributed by atoms with Crippen LogP contribution in [0.1, 0.15) is 35.2 Å². The van der Waals surface area contributed by atoms with Crippen LogP contribution in [0.25, 0.3) is 0 Å². The first-order valence-electron chi connectivity index (χ1n) is 6.07. The molecule has 0 spiro atoms. The van der Waals surface area contributed by atoms with E-state index in [0.717, 1.165) is 12.0 Å². The van der Waals surface area contributed by atoms with E-state index in [1.807, 2.05) is 6.07 Å². The second kappa shape index (κ2) is 5.28. The number of hydrogen-bond acceptors (Lipinski definition) is 4. The zero-order chi connectivity index (χ0) is 13.0. The minimum absolute atomic E-state index is 0.0725. The third-order valence-corrected chi connectivity index (χ3v) is 3.59. The van der Waals surface area contributed by atoms with Crippen molar-refractivity contribution < 1.29 is 9.53 Å². The fourth-order valence-corrected chi connectivity index (χ4v) is 2.65. The number of hydrogen-bond donors (Lipinski definition) is 0. The maximum absolute atomic E-state index is 12.5. The molecule has 1 aromatic rings. The van der Waals surface area contributed by atoms with Crippen LogP contribution in [0.5, 0.6) is 0 Å². The zero-order valence-electron chi connectivity index (χ0n) is 10.5. The van der Waals surface area contributed by atoms with Crippen LogP contribution in [0, 0.1) is 16.7 Å². The van der Waals surface area contributed by atoms with Crippen LogP contribution in [0.2, 0.25) is 0 Å². The van der Waals surface area contributed by atoms with Crippen LogP contribution in [0.3, 0.4) is 0 Å². The highest BCUT2D eigenvalue weighted by molar-refractivity contribution is 6.04. The zero-order valence-corrected chi connectivity index (χ0v) is 10.5. The van der Waals surface area contributed by atoms with E-state index in [0.29, 0.717) is 25.0 Å². The summed E-state index contributed by atoms with van der Waals surface area (Å²) in [6.07, 6.45) is 5.73. The Morgan fingerprint density at radius 3 is 3.11 bits per heavy atom. The molecule has 0 bridgehead atoms. The van der Waals surface area contributed by atoms with Crippen LogP contribution in [0.15, 0.2) is 18.5 Å². The normalized spacial score (nSPS) is 21.7. The van der Waals surface area contributed by atoms with Gasteiger partial charge in [-0.1, -0.05) is 0 Å². The maximum Gasteiger partial charge on any atom is 0.172 e. The molecule has 0 fully saturated rings. The van der Waals surface area contributed by atoms with Crippen LogP contribution in [-0.2, 0) is 11.2 Å². The van der Waals surface area contributed by atoms with Gasteiger partial charge in [-0.25, -0.2) is 0 Å². The van der Waals surface area contributed by atoms with Gasteiger partial charge in [0, 0.05) is 38.1 Å². The van der Waals surface area contributed by atoms with Gasteiger partial charge in [0.1, 0.15) is 0 Å². The van der Waals surface area contributed by atoms with Crippen molar-refractivity contribution in [3.8, 4) is 6.07 Å². The van der Waals surface area contributed by atoms with Crippen molar-refractivity contribution in [2.24, 2.45) is 5.41 Å². The van der Waals surface area contributed by atoms with Gasteiger partial charge >= 0.3 is 0 Å². The van der Waals surface area contributed by atoms with Crippen molar-refractivity contribution in [3.05, 3.63) is 29.6 Å². The summed E-state index contributed by atoms with van der Waals surface area (Å²) in [5.74, 6) is 0.0725. The molecule has 0 unspecified atom stereocenters. The van der Waals surface area contributed by atoms with E-state index < -0.39 is 5.41 Å². The fraction of sp³-hybridized carbons (Fsp3) is 0.500. The topological polar surface area (TPSA) is 63.0 Å². The van der Waals surface area contributed by atoms with Crippen molar-refractivity contribution in [1.29, 1.82) is 5.26 Å². The van der Waals surface area contributed by atoms with Crippen LogP contribution in [0.4, 0.5) is 0 Å². The Hall–Kier alpha value is -1.73. The number of rotatable bonds is 5. The number of nitrogens with zero attached hydrogens (tertiary/aromatic N) is 2. The third-order valence-electron chi connectivity index (χ3n) is 3.59. The average molecular weight is 244 g/mol. The number of Topliss-reactive ketones (excluding diaryl/α,β-unsaturated/α-hetero) is 1. The van der Waals surface area contributed by atoms with Gasteiger partial charge < -0.3 is 4.74 Å². The quantitative estimate of drug-likeness (QED) is 0.744. The van der Waals surface area contributed by atoms with Gasteiger partial charge in [0.25, 0.3) is 0 Å². The molecule has 18 heavy (non-hydrogen) atoms. The molecule has 0 aromatic carbocycles. The molecule has 1 aliphatic rings. The highest BCUT2D eigenvalue weighted by Crippen LogP contribution is 2.42. The molecule has 1 atom stereocenters. The SMILES string of the molecule is COCCC[C@]1(CC#N)Cc2ccncc2C1=O. The van der Waals surface area contributed by atoms with E-state index in [1.54, 1.807) is 19.5 Å². The van der Waals surface area contributed by atoms with Gasteiger partial charge in [-0.15, -0.1) is 0 Å². The van der Waals surface area contributed by atoms with Crippen molar-refractivity contribution in [3.63, 3.8) is 0 Å². The predicted octanol–water partition coefficient (Wildman–Crippen LogP) is 2.15. The monoisotopic (exact) mass is 244 g/mol. The summed E-state index contributed by atoms with van der Waals surface area (Å²) >= 11 is 0. The van der Waals surface area contributed by atoms with E-state index in [2.05, 4.69) is 11.1 Å². The Morgan fingerprint density at radius 2 is 2.44 bits per heavy atom. The lowest BCUT2D eigenvalue weighted by Gasteiger charge is -2.24. The summed E-state index contributed by atoms with van der Waals surface area (Å²) in [7, 11) is 1.64. The van der Waals surface area contributed by atoms with E-state index >= 15 is 0 Å². The minimum atomic E-state index is -0.557. The van der Waals surface area contributed by atoms with Crippen molar-refractivity contribution in [2.45, 2.75) is 25.7 Å². The van der Waals surface area contributed by atoms with Gasteiger partial charge in [-0.2, -0.15) is 5.26 Å². The lowest BCUT2D eigenvalue weighted by Crippen LogP contribution is -2.28. The summed E-state index contributed by atoms with van der Waals surface area (Å²) in [6, 6.07) is 4.04. The molecule has 1 heterocycles. The first-order chi connectivity index (χ1) is 8.73. The van der Waals surface area contributed by atoms with Gasteiger partial charge in [0.05, 0.1) is 11.5 Å². The Morgan fingerprint density at radius 1 is 1.61 bits per heavy atom. The molecule has 94 valence electrons. The van der Waals surface area contributed by atoms with Gasteiger partial charge in [0.15, 0.2) is 5.78 Å². The second-order valence-corrected chi connectivity index (χ2v) is 4.75. The van der Waals surface area contributed by atoms with Crippen molar-refractivity contribution in [1.82, 2.24) is 4.98 Å². The first kappa shape index (κ1) is 12.7. The van der Waals surface area contributed by atoms with Crippen LogP contribution < -0.4 is 0 Å². The molecule has 0 aliphatic heterocycles. The highest BCUT2D eigenvalue weighted by atomic mass is 16.5. The second-order valence-electron chi connectivity index (χ2n) is 4.75. The number of pyridine rings is 1. The van der Waals surface area contributed by atoms with E-state index in [1.165, 1.54) is 0 Å². The number of nitriles is 1. The molecule has 4 heteroatoms. The predicted molar refractivity (Wildman–Crippen MR) is 66.0 cm³/mol. The number of fused-ring (bicyclic) bond motifs is 1. The number of ketones is 1. The molecule has 1 aliphatic carbocycles. The molecule has 0 radical (unpaired) electrons. The number of carbonyl (C=O) groups is 1. The lowest BCUT2D eigenvalue weighted by molar-refractivity contribution is 0.0788. The van der Waals surface area contributed by atoms with Gasteiger partial charge in [-0.3, -0.25) is 9.78 Å². The number of aromatic nitrogens is 1. The highest BCUT2D eigenvalue weighted by Gasteiger charge is 2.44. The molecular weight excluding hydrogens is 228 g/mol. The van der Waals surface area contributed by atoms with Crippen molar-refractivity contribution >= 4 is 5.78 Å². The molecule has 4 nitrogen and oxygen atoms in total. The maximum atomic E-state index is 12.5. The van der Waals surface area contributed by atoms with Gasteiger partial charge in [-0.05, 0) is 30.9 Å². The van der Waals surface area contributed by atoms with Crippen molar-refractivity contribution in [2.75, 3.05) is 13.7 Å². The Labute approximate surface area is 107 Å². The number of carbonyl (C=O) groups excluding carboxylic acids is 1. The molecule has 0 saturated heterocycles. The standard InChI is InChI=1S/C14H16N2O2/c1-18-8-2-4-14(5-6-15)9-11-3-7-16-10-12(11)13(14)17/h3,7,10H,2,4-5,8-9H2,1H3/t14-/m0/s1. The first-order valence-corrected chi connectivity index (χ1v) is 6.07. The Kier molecular flexibility index (Phi) is 3.73. The largest absolute Gasteiger partial charge is 0.385 e. The molecular formula is C14H16N2O2. The Bertz CT molecular complexity index is 493. The average Bonchev–Trinajstić information content (AvgIpc) is 2.65. The number of ether oxygens (including phenoxy) is 1. The molecule has 2 rings (SSSR count). The Balaban J connectivity index is 2.24. The number of methoxy groups -OCH3 is 1. The summed E-state index contributed by atoms with van der Waals surface area (Å²) in [4.78, 5) is 16.5. The molecule has 0 N–H and O–H groups in total. The van der Waals surface area contributed by atoms with Crippen LogP contribution >= 0.6 is 0 Å². The summed E-state index contributed by atoms with van der Waals surface area (Å²) < 4.78 is 5.03.